The maximum atomic E-state index is 13.3. The van der Waals surface area contributed by atoms with E-state index in [9.17, 15) is 8.78 Å². The Balaban J connectivity index is 1.92. The number of nitrogens with one attached hydrogen (secondary N) is 1. The number of nitrogens with zero attached hydrogens (tertiary/aromatic N) is 1. The van der Waals surface area contributed by atoms with E-state index in [1.54, 1.807) is 6.20 Å². The van der Waals surface area contributed by atoms with Gasteiger partial charge in [0.2, 0.25) is 0 Å². The molecule has 88 valence electrons. The van der Waals surface area contributed by atoms with Gasteiger partial charge in [-0.25, -0.2) is 8.78 Å². The maximum absolute atomic E-state index is 13.3. The second-order valence-electron chi connectivity index (χ2n) is 3.62. The van der Waals surface area contributed by atoms with E-state index in [1.165, 1.54) is 0 Å². The molecule has 0 aliphatic heterocycles. The smallest absolute Gasteiger partial charge is 0.146 e. The molecule has 1 heterocycles. The lowest BCUT2D eigenvalue weighted by Crippen LogP contribution is -2.07. The van der Waals surface area contributed by atoms with Crippen LogP contribution in [0.25, 0.3) is 0 Å². The number of benzene rings is 1. The molecule has 2 rings (SSSR count). The zero-order valence-corrected chi connectivity index (χ0v) is 9.16. The molecule has 0 radical (unpaired) electrons. The standard InChI is InChI=1S/C13H12F2N2/c14-10-4-5-12(15)13(9-10)17-8-6-11-3-1-2-7-16-11/h1-5,7,9,17H,6,8H2. The van der Waals surface area contributed by atoms with Gasteiger partial charge in [0, 0.05) is 24.9 Å². The Bertz CT molecular complexity index is 486. The van der Waals surface area contributed by atoms with Gasteiger partial charge < -0.3 is 5.32 Å². The van der Waals surface area contributed by atoms with E-state index in [4.69, 9.17) is 0 Å². The fraction of sp³-hybridized carbons (Fsp3) is 0.154. The third-order valence-corrected chi connectivity index (χ3v) is 2.35. The highest BCUT2D eigenvalue weighted by Gasteiger charge is 2.02. The van der Waals surface area contributed by atoms with Gasteiger partial charge in [-0.15, -0.1) is 0 Å². The second kappa shape index (κ2) is 5.39. The maximum Gasteiger partial charge on any atom is 0.146 e. The number of halogens is 2. The van der Waals surface area contributed by atoms with Crippen LogP contribution in [0.4, 0.5) is 14.5 Å². The Morgan fingerprint density at radius 3 is 2.76 bits per heavy atom. The first-order valence-electron chi connectivity index (χ1n) is 5.34. The predicted octanol–water partition coefficient (Wildman–Crippen LogP) is 3.01. The summed E-state index contributed by atoms with van der Waals surface area (Å²) in [7, 11) is 0. The van der Waals surface area contributed by atoms with Gasteiger partial charge in [-0.1, -0.05) is 6.07 Å². The summed E-state index contributed by atoms with van der Waals surface area (Å²) < 4.78 is 26.1. The largest absolute Gasteiger partial charge is 0.382 e. The van der Waals surface area contributed by atoms with Gasteiger partial charge >= 0.3 is 0 Å². The van der Waals surface area contributed by atoms with Crippen molar-refractivity contribution in [1.82, 2.24) is 4.98 Å². The van der Waals surface area contributed by atoms with Crippen molar-refractivity contribution < 1.29 is 8.78 Å². The minimum atomic E-state index is -0.452. The summed E-state index contributed by atoms with van der Waals surface area (Å²) in [5.41, 5.74) is 1.10. The quantitative estimate of drug-likeness (QED) is 0.879. The Morgan fingerprint density at radius 1 is 1.12 bits per heavy atom. The second-order valence-corrected chi connectivity index (χ2v) is 3.62. The summed E-state index contributed by atoms with van der Waals surface area (Å²) in [6.45, 7) is 0.511. The molecule has 1 N–H and O–H groups in total. The van der Waals surface area contributed by atoms with Crippen LogP contribution >= 0.6 is 0 Å². The Kier molecular flexibility index (Phi) is 3.65. The van der Waals surface area contributed by atoms with Gasteiger partial charge in [-0.05, 0) is 30.3 Å². The monoisotopic (exact) mass is 234 g/mol. The van der Waals surface area contributed by atoms with Crippen LogP contribution in [0.1, 0.15) is 5.69 Å². The predicted molar refractivity (Wildman–Crippen MR) is 62.8 cm³/mol. The lowest BCUT2D eigenvalue weighted by atomic mass is 10.2. The number of rotatable bonds is 4. The van der Waals surface area contributed by atoms with Crippen LogP contribution in [-0.2, 0) is 6.42 Å². The number of hydrogen-bond donors (Lipinski definition) is 1. The Hall–Kier alpha value is -1.97. The molecule has 0 atom stereocenters. The summed E-state index contributed by atoms with van der Waals surface area (Å²) in [6.07, 6.45) is 2.37. The molecule has 0 aliphatic rings. The summed E-state index contributed by atoms with van der Waals surface area (Å²) >= 11 is 0. The van der Waals surface area contributed by atoms with Crippen molar-refractivity contribution in [1.29, 1.82) is 0 Å². The molecule has 0 bridgehead atoms. The van der Waals surface area contributed by atoms with E-state index in [1.807, 2.05) is 18.2 Å². The summed E-state index contributed by atoms with van der Waals surface area (Å²) in [5, 5.41) is 2.85. The van der Waals surface area contributed by atoms with Crippen molar-refractivity contribution in [3.8, 4) is 0 Å². The minimum Gasteiger partial charge on any atom is -0.382 e. The van der Waals surface area contributed by atoms with Crippen molar-refractivity contribution in [2.75, 3.05) is 11.9 Å². The van der Waals surface area contributed by atoms with Crippen LogP contribution in [0.3, 0.4) is 0 Å². The van der Waals surface area contributed by atoms with Crippen LogP contribution < -0.4 is 5.32 Å². The van der Waals surface area contributed by atoms with Gasteiger partial charge in [-0.2, -0.15) is 0 Å². The first-order valence-corrected chi connectivity index (χ1v) is 5.34. The Labute approximate surface area is 98.3 Å². The molecule has 2 aromatic rings. The minimum absolute atomic E-state index is 0.181. The molecule has 0 fully saturated rings. The number of hydrogen-bond acceptors (Lipinski definition) is 2. The Morgan fingerprint density at radius 2 is 2.00 bits per heavy atom. The molecule has 1 aromatic carbocycles. The highest BCUT2D eigenvalue weighted by Crippen LogP contribution is 2.14. The highest BCUT2D eigenvalue weighted by molar-refractivity contribution is 5.44. The molecule has 0 saturated carbocycles. The summed E-state index contributed by atoms with van der Waals surface area (Å²) in [6, 6.07) is 8.98. The van der Waals surface area contributed by atoms with Crippen molar-refractivity contribution in [2.45, 2.75) is 6.42 Å². The first kappa shape index (κ1) is 11.5. The lowest BCUT2D eigenvalue weighted by molar-refractivity contribution is 0.602. The van der Waals surface area contributed by atoms with E-state index in [2.05, 4.69) is 10.3 Å². The van der Waals surface area contributed by atoms with E-state index in [0.717, 1.165) is 23.9 Å². The molecule has 4 heteroatoms. The average molecular weight is 234 g/mol. The lowest BCUT2D eigenvalue weighted by Gasteiger charge is -2.07. The zero-order valence-electron chi connectivity index (χ0n) is 9.16. The van der Waals surface area contributed by atoms with Gasteiger partial charge in [0.05, 0.1) is 5.69 Å². The molecule has 2 nitrogen and oxygen atoms in total. The highest BCUT2D eigenvalue weighted by atomic mass is 19.1. The topological polar surface area (TPSA) is 24.9 Å². The molecule has 0 aliphatic carbocycles. The van der Waals surface area contributed by atoms with E-state index < -0.39 is 11.6 Å². The SMILES string of the molecule is Fc1ccc(F)c(NCCc2ccccn2)c1. The first-order chi connectivity index (χ1) is 8.25. The number of anilines is 1. The van der Waals surface area contributed by atoms with E-state index >= 15 is 0 Å². The van der Waals surface area contributed by atoms with Gasteiger partial charge in [0.25, 0.3) is 0 Å². The summed E-state index contributed by atoms with van der Waals surface area (Å²) in [5.74, 6) is -0.904. The number of pyridine rings is 1. The molecule has 0 saturated heterocycles. The fourth-order valence-electron chi connectivity index (χ4n) is 1.50. The third kappa shape index (κ3) is 3.24. The van der Waals surface area contributed by atoms with Gasteiger partial charge in [0.15, 0.2) is 0 Å². The van der Waals surface area contributed by atoms with Crippen molar-refractivity contribution >= 4 is 5.69 Å². The van der Waals surface area contributed by atoms with E-state index in [-0.39, 0.29) is 5.69 Å². The summed E-state index contributed by atoms with van der Waals surface area (Å²) in [4.78, 5) is 4.14. The molecular formula is C13H12F2N2. The molecule has 0 spiro atoms. The normalized spacial score (nSPS) is 10.2. The van der Waals surface area contributed by atoms with Crippen molar-refractivity contribution in [3.05, 3.63) is 59.9 Å². The van der Waals surface area contributed by atoms with Crippen molar-refractivity contribution in [2.24, 2.45) is 0 Å². The zero-order chi connectivity index (χ0) is 12.1. The average Bonchev–Trinajstić information content (AvgIpc) is 2.35. The third-order valence-electron chi connectivity index (χ3n) is 2.35. The van der Waals surface area contributed by atoms with Gasteiger partial charge in [-0.3, -0.25) is 4.98 Å². The molecular weight excluding hydrogens is 222 g/mol. The molecule has 1 aromatic heterocycles. The van der Waals surface area contributed by atoms with Crippen molar-refractivity contribution in [3.63, 3.8) is 0 Å². The molecule has 0 unspecified atom stereocenters. The van der Waals surface area contributed by atoms with Crippen LogP contribution in [0.2, 0.25) is 0 Å². The number of aromatic nitrogens is 1. The van der Waals surface area contributed by atoms with Crippen LogP contribution in [0, 0.1) is 11.6 Å². The van der Waals surface area contributed by atoms with E-state index in [0.29, 0.717) is 13.0 Å². The molecule has 17 heavy (non-hydrogen) atoms. The van der Waals surface area contributed by atoms with Crippen LogP contribution in [0.15, 0.2) is 42.6 Å². The fourth-order valence-corrected chi connectivity index (χ4v) is 1.50. The molecule has 0 amide bonds. The van der Waals surface area contributed by atoms with Gasteiger partial charge in [0.1, 0.15) is 11.6 Å². The van der Waals surface area contributed by atoms with Crippen LogP contribution in [0.5, 0.6) is 0 Å². The van der Waals surface area contributed by atoms with Crippen LogP contribution in [-0.4, -0.2) is 11.5 Å².